The van der Waals surface area contributed by atoms with Gasteiger partial charge in [0, 0.05) is 18.0 Å². The average molecular weight is 393 g/mol. The minimum atomic E-state index is -0.0749. The molecule has 2 bridgehead atoms. The number of rotatable bonds is 3. The van der Waals surface area contributed by atoms with Gasteiger partial charge in [0.05, 0.1) is 13.0 Å². The molecule has 0 aromatic heterocycles. The number of methoxy groups -OCH3 is 1. The number of carbonyl (C=O) groups is 1. The molecule has 0 saturated carbocycles. The van der Waals surface area contributed by atoms with Crippen molar-refractivity contribution in [2.24, 2.45) is 5.92 Å². The van der Waals surface area contributed by atoms with Crippen LogP contribution in [-0.4, -0.2) is 25.2 Å². The van der Waals surface area contributed by atoms with Gasteiger partial charge >= 0.3 is 5.97 Å². The third kappa shape index (κ3) is 3.01. The van der Waals surface area contributed by atoms with Crippen LogP contribution in [0.2, 0.25) is 0 Å². The summed E-state index contributed by atoms with van der Waals surface area (Å²) in [4.78, 5) is 12.2. The van der Waals surface area contributed by atoms with E-state index in [-0.39, 0.29) is 23.8 Å². The lowest BCUT2D eigenvalue weighted by Crippen LogP contribution is -2.48. The maximum absolute atomic E-state index is 12.2. The van der Waals surface area contributed by atoms with Gasteiger partial charge in [0.15, 0.2) is 0 Å². The number of hydrogen-bond donors (Lipinski definition) is 1. The quantitative estimate of drug-likeness (QED) is 0.631. The SMILES string of the molecule is COC(=O)[C@H]1[C@@H](c2ccc(/C=C/[123I])cc2)C[C@@H]2CC[C@H]1N2. The number of fused-ring (bicyclic) bond motifs is 2. The van der Waals surface area contributed by atoms with Gasteiger partial charge in [-0.2, -0.15) is 0 Å². The summed E-state index contributed by atoms with van der Waals surface area (Å²) in [6, 6.07) is 9.41. The highest BCUT2D eigenvalue weighted by molar-refractivity contribution is 14.1. The Hall–Kier alpha value is -0.880. The molecular formula is C17H20INO2. The second-order valence-electron chi connectivity index (χ2n) is 5.90. The molecule has 0 aliphatic carbocycles. The van der Waals surface area contributed by atoms with Crippen molar-refractivity contribution in [1.29, 1.82) is 0 Å². The molecule has 2 saturated heterocycles. The molecule has 3 rings (SSSR count). The van der Waals surface area contributed by atoms with Crippen LogP contribution in [0.1, 0.15) is 36.3 Å². The molecule has 2 heterocycles. The van der Waals surface area contributed by atoms with Gasteiger partial charge in [-0.1, -0.05) is 46.9 Å². The predicted molar refractivity (Wildman–Crippen MR) is 92.3 cm³/mol. The van der Waals surface area contributed by atoms with Gasteiger partial charge < -0.3 is 10.1 Å². The average Bonchev–Trinajstić information content (AvgIpc) is 2.89. The number of nitrogens with one attached hydrogen (secondary N) is 1. The van der Waals surface area contributed by atoms with E-state index in [2.05, 4.69) is 58.2 Å². The highest BCUT2D eigenvalue weighted by Gasteiger charge is 2.46. The third-order valence-corrected chi connectivity index (χ3v) is 5.13. The van der Waals surface area contributed by atoms with Crippen LogP contribution in [0.4, 0.5) is 0 Å². The molecule has 1 aromatic rings. The highest BCUT2D eigenvalue weighted by atomic mass is 123. The number of ether oxygens (including phenoxy) is 1. The molecule has 0 radical (unpaired) electrons. The molecule has 0 spiro atoms. The Morgan fingerprint density at radius 2 is 2.10 bits per heavy atom. The number of carbonyl (C=O) groups excluding carboxylic acids is 1. The molecule has 112 valence electrons. The molecule has 0 unspecified atom stereocenters. The van der Waals surface area contributed by atoms with Crippen LogP contribution in [-0.2, 0) is 9.53 Å². The van der Waals surface area contributed by atoms with E-state index in [1.165, 1.54) is 24.7 Å². The highest BCUT2D eigenvalue weighted by Crippen LogP contribution is 2.42. The second kappa shape index (κ2) is 6.48. The summed E-state index contributed by atoms with van der Waals surface area (Å²) < 4.78 is 7.07. The minimum Gasteiger partial charge on any atom is -0.469 e. The van der Waals surface area contributed by atoms with Crippen molar-refractivity contribution in [3.05, 3.63) is 39.5 Å². The molecule has 4 heteroatoms. The first-order chi connectivity index (χ1) is 10.2. The standard InChI is InChI=1S/C17H20INO2/c1-21-17(20)16-14(10-13-6-7-15(16)19-13)12-4-2-11(3-5-12)8-9-18/h2-5,8-9,13-16,19H,6-7,10H2,1H3/b9-8+/t13-,14+,15+,16-/m0/s1/i18-4. The largest absolute Gasteiger partial charge is 0.469 e. The minimum absolute atomic E-state index is 0.0558. The molecule has 0 amide bonds. The van der Waals surface area contributed by atoms with Gasteiger partial charge in [0.2, 0.25) is 0 Å². The molecule has 2 aliphatic rings. The fourth-order valence-corrected chi connectivity index (χ4v) is 4.20. The third-order valence-electron chi connectivity index (χ3n) is 4.77. The summed E-state index contributed by atoms with van der Waals surface area (Å²) in [6.45, 7) is 0. The summed E-state index contributed by atoms with van der Waals surface area (Å²) in [5, 5.41) is 3.57. The molecule has 1 aromatic carbocycles. The van der Waals surface area contributed by atoms with Gasteiger partial charge in [-0.15, -0.1) is 0 Å². The number of halogens is 1. The van der Waals surface area contributed by atoms with Crippen molar-refractivity contribution in [2.45, 2.75) is 37.3 Å². The Labute approximate surface area is 139 Å². The molecular weight excluding hydrogens is 373 g/mol. The number of piperidine rings is 1. The van der Waals surface area contributed by atoms with Crippen LogP contribution in [0.5, 0.6) is 0 Å². The molecule has 3 nitrogen and oxygen atoms in total. The normalized spacial score (nSPS) is 31.5. The molecule has 1 N–H and O–H groups in total. The van der Waals surface area contributed by atoms with Crippen LogP contribution in [0.15, 0.2) is 28.3 Å². The second-order valence-corrected chi connectivity index (χ2v) is 6.62. The van der Waals surface area contributed by atoms with Crippen molar-refractivity contribution in [3.63, 3.8) is 0 Å². The first-order valence-corrected chi connectivity index (χ1v) is 8.68. The van der Waals surface area contributed by atoms with E-state index in [1.54, 1.807) is 0 Å². The predicted octanol–water partition coefficient (Wildman–Crippen LogP) is 3.49. The number of esters is 1. The smallest absolute Gasteiger partial charge is 0.310 e. The lowest BCUT2D eigenvalue weighted by atomic mass is 9.77. The van der Waals surface area contributed by atoms with Crippen LogP contribution >= 0.6 is 22.6 Å². The first-order valence-electron chi connectivity index (χ1n) is 7.43. The lowest BCUT2D eigenvalue weighted by molar-refractivity contribution is -0.148. The van der Waals surface area contributed by atoms with Gasteiger partial charge in [0.1, 0.15) is 0 Å². The fourth-order valence-electron chi connectivity index (χ4n) is 3.79. The molecule has 4 atom stereocenters. The zero-order valence-corrected chi connectivity index (χ0v) is 14.2. The van der Waals surface area contributed by atoms with Crippen molar-refractivity contribution < 1.29 is 9.53 Å². The topological polar surface area (TPSA) is 38.3 Å². The summed E-state index contributed by atoms with van der Waals surface area (Å²) in [5.41, 5.74) is 2.45. The fraction of sp³-hybridized carbons (Fsp3) is 0.471. The van der Waals surface area contributed by atoms with Gasteiger partial charge in [0.25, 0.3) is 0 Å². The van der Waals surface area contributed by atoms with Crippen molar-refractivity contribution >= 4 is 34.6 Å². The van der Waals surface area contributed by atoms with Crippen LogP contribution in [0.25, 0.3) is 6.08 Å². The van der Waals surface area contributed by atoms with Crippen LogP contribution < -0.4 is 5.32 Å². The zero-order chi connectivity index (χ0) is 14.8. The van der Waals surface area contributed by atoms with Crippen molar-refractivity contribution in [2.75, 3.05) is 7.11 Å². The van der Waals surface area contributed by atoms with Crippen LogP contribution in [0, 0.1) is 5.92 Å². The number of benzene rings is 1. The Balaban J connectivity index is 1.88. The van der Waals surface area contributed by atoms with E-state index in [0.717, 1.165) is 12.8 Å². The summed E-state index contributed by atoms with van der Waals surface area (Å²) in [6.07, 6.45) is 5.35. The molecule has 2 aliphatic heterocycles. The van der Waals surface area contributed by atoms with Crippen molar-refractivity contribution in [1.82, 2.24) is 5.32 Å². The Bertz CT molecular complexity index is 540. The maximum Gasteiger partial charge on any atom is 0.310 e. The Morgan fingerprint density at radius 1 is 1.33 bits per heavy atom. The van der Waals surface area contributed by atoms with E-state index in [0.29, 0.717) is 6.04 Å². The van der Waals surface area contributed by atoms with Gasteiger partial charge in [-0.25, -0.2) is 0 Å². The van der Waals surface area contributed by atoms with E-state index in [1.807, 2.05) is 4.08 Å². The van der Waals surface area contributed by atoms with E-state index >= 15 is 0 Å². The number of hydrogen-bond acceptors (Lipinski definition) is 3. The summed E-state index contributed by atoms with van der Waals surface area (Å²) in [5.74, 6) is 0.141. The molecule has 21 heavy (non-hydrogen) atoms. The van der Waals surface area contributed by atoms with E-state index < -0.39 is 0 Å². The van der Waals surface area contributed by atoms with Gasteiger partial charge in [-0.05, 0) is 40.5 Å². The lowest BCUT2D eigenvalue weighted by Gasteiger charge is -2.36. The zero-order valence-electron chi connectivity index (χ0n) is 12.1. The van der Waals surface area contributed by atoms with Crippen LogP contribution in [0.3, 0.4) is 0 Å². The Kier molecular flexibility index (Phi) is 4.64. The maximum atomic E-state index is 12.2. The van der Waals surface area contributed by atoms with E-state index in [9.17, 15) is 4.79 Å². The molecule has 2 fully saturated rings. The first kappa shape index (κ1) is 15.0. The monoisotopic (exact) mass is 393 g/mol. The Morgan fingerprint density at radius 3 is 2.76 bits per heavy atom. The summed E-state index contributed by atoms with van der Waals surface area (Å²) in [7, 11) is 1.49. The summed E-state index contributed by atoms with van der Waals surface area (Å²) >= 11 is 2.22. The van der Waals surface area contributed by atoms with Gasteiger partial charge in [-0.3, -0.25) is 4.79 Å². The van der Waals surface area contributed by atoms with E-state index in [4.69, 9.17) is 4.74 Å². The van der Waals surface area contributed by atoms with Crippen molar-refractivity contribution in [3.8, 4) is 0 Å².